The maximum absolute atomic E-state index is 13.4. The van der Waals surface area contributed by atoms with Gasteiger partial charge in [-0.05, 0) is 67.2 Å². The van der Waals surface area contributed by atoms with E-state index < -0.39 is 23.8 Å². The van der Waals surface area contributed by atoms with Crippen LogP contribution in [-0.2, 0) is 9.53 Å². The van der Waals surface area contributed by atoms with Crippen molar-refractivity contribution in [1.82, 2.24) is 0 Å². The largest absolute Gasteiger partial charge is 0.458 e. The number of hydrogen-bond donors (Lipinski definition) is 2. The smallest absolute Gasteiger partial charge is 0.309 e. The van der Waals surface area contributed by atoms with Crippen LogP contribution in [-0.4, -0.2) is 34.0 Å². The Bertz CT molecular complexity index is 882. The molecule has 1 aromatic rings. The molecule has 1 saturated carbocycles. The fraction of sp³-hybridized carbons (Fsp3) is 0.435. The fourth-order valence-electron chi connectivity index (χ4n) is 4.44. The Morgan fingerprint density at radius 2 is 1.93 bits per heavy atom. The predicted octanol–water partition coefficient (Wildman–Crippen LogP) is 3.69. The van der Waals surface area contributed by atoms with E-state index in [1.165, 1.54) is 12.1 Å². The number of ether oxygens (including phenoxy) is 1. The summed E-state index contributed by atoms with van der Waals surface area (Å²) in [6.07, 6.45) is 6.90. The first-order chi connectivity index (χ1) is 13.2. The zero-order chi connectivity index (χ0) is 20.1. The highest BCUT2D eigenvalue weighted by Gasteiger charge is 2.55. The van der Waals surface area contributed by atoms with Gasteiger partial charge in [-0.3, -0.25) is 4.79 Å². The molecule has 3 aliphatic rings. The number of esters is 1. The van der Waals surface area contributed by atoms with Gasteiger partial charge in [-0.1, -0.05) is 24.3 Å². The van der Waals surface area contributed by atoms with Crippen LogP contribution in [0.25, 0.3) is 5.57 Å². The number of benzene rings is 1. The average molecular weight is 384 g/mol. The van der Waals surface area contributed by atoms with Gasteiger partial charge in [0.1, 0.15) is 11.9 Å². The number of carbonyl (C=O) groups excluding carboxylic acids is 1. The summed E-state index contributed by atoms with van der Waals surface area (Å²) in [5.74, 6) is -0.695. The standard InChI is InChI=1S/C23H25FO4/c1-22(2,27)20-13-18(14-3-5-15(24)6-4-14)19(23(20)9-10-23)8-7-17-11-16(25)12-21(26)28-17/h3-8,13,16-17,25,27H,9-12H2,1-2H3/b8-7+/t16-,17-/m0/s1. The van der Waals surface area contributed by atoms with E-state index in [0.717, 1.165) is 35.1 Å². The van der Waals surface area contributed by atoms with Crippen LogP contribution in [0.1, 0.15) is 45.1 Å². The monoisotopic (exact) mass is 384 g/mol. The molecule has 0 bridgehead atoms. The minimum Gasteiger partial charge on any atom is -0.458 e. The molecule has 148 valence electrons. The lowest BCUT2D eigenvalue weighted by Crippen LogP contribution is -2.31. The third-order valence-electron chi connectivity index (χ3n) is 5.84. The predicted molar refractivity (Wildman–Crippen MR) is 104 cm³/mol. The first-order valence-corrected chi connectivity index (χ1v) is 9.70. The number of carbonyl (C=O) groups is 1. The average Bonchev–Trinajstić information content (AvgIpc) is 3.29. The maximum Gasteiger partial charge on any atom is 0.309 e. The molecule has 0 aromatic heterocycles. The van der Waals surface area contributed by atoms with Crippen LogP contribution in [0.3, 0.4) is 0 Å². The maximum atomic E-state index is 13.4. The van der Waals surface area contributed by atoms with Gasteiger partial charge in [0.05, 0.1) is 18.1 Å². The van der Waals surface area contributed by atoms with E-state index >= 15 is 0 Å². The zero-order valence-electron chi connectivity index (χ0n) is 16.1. The first-order valence-electron chi connectivity index (χ1n) is 9.70. The summed E-state index contributed by atoms with van der Waals surface area (Å²) < 4.78 is 18.7. The van der Waals surface area contributed by atoms with Crippen molar-refractivity contribution < 1.29 is 24.1 Å². The van der Waals surface area contributed by atoms with E-state index in [1.54, 1.807) is 26.0 Å². The SMILES string of the molecule is CC(C)(O)C1=CC(c2ccc(F)cc2)=C(/C=C/[C@H]2C[C@H](O)CC(=O)O2)C12CC2. The summed E-state index contributed by atoms with van der Waals surface area (Å²) in [5.41, 5.74) is 2.65. The summed E-state index contributed by atoms with van der Waals surface area (Å²) >= 11 is 0. The van der Waals surface area contributed by atoms with Gasteiger partial charge in [-0.15, -0.1) is 0 Å². The summed E-state index contributed by atoms with van der Waals surface area (Å²) in [4.78, 5) is 11.6. The Balaban J connectivity index is 1.73. The van der Waals surface area contributed by atoms with Gasteiger partial charge in [0.2, 0.25) is 0 Å². The van der Waals surface area contributed by atoms with Crippen molar-refractivity contribution in [3.8, 4) is 0 Å². The number of halogens is 1. The van der Waals surface area contributed by atoms with Gasteiger partial charge in [0, 0.05) is 11.8 Å². The van der Waals surface area contributed by atoms with Gasteiger partial charge >= 0.3 is 5.97 Å². The van der Waals surface area contributed by atoms with Gasteiger partial charge in [0.25, 0.3) is 0 Å². The summed E-state index contributed by atoms with van der Waals surface area (Å²) in [7, 11) is 0. The molecule has 4 rings (SSSR count). The molecular weight excluding hydrogens is 359 g/mol. The summed E-state index contributed by atoms with van der Waals surface area (Å²) in [5, 5.41) is 20.6. The molecule has 5 heteroatoms. The van der Waals surface area contributed by atoms with Gasteiger partial charge in [0.15, 0.2) is 0 Å². The number of hydrogen-bond acceptors (Lipinski definition) is 4. The van der Waals surface area contributed by atoms with E-state index in [1.807, 2.05) is 18.2 Å². The van der Waals surface area contributed by atoms with Gasteiger partial charge in [-0.2, -0.15) is 0 Å². The van der Waals surface area contributed by atoms with E-state index in [2.05, 4.69) is 0 Å². The second-order valence-electron chi connectivity index (χ2n) is 8.51. The fourth-order valence-corrected chi connectivity index (χ4v) is 4.44. The molecule has 1 saturated heterocycles. The van der Waals surface area contributed by atoms with E-state index in [4.69, 9.17) is 4.74 Å². The second-order valence-corrected chi connectivity index (χ2v) is 8.51. The molecule has 2 aliphatic carbocycles. The van der Waals surface area contributed by atoms with E-state index in [0.29, 0.717) is 6.42 Å². The highest BCUT2D eigenvalue weighted by atomic mass is 19.1. The molecule has 2 atom stereocenters. The lowest BCUT2D eigenvalue weighted by Gasteiger charge is -2.27. The van der Waals surface area contributed by atoms with Gasteiger partial charge < -0.3 is 14.9 Å². The minimum absolute atomic E-state index is 0.0300. The lowest BCUT2D eigenvalue weighted by molar-refractivity contribution is -0.156. The van der Waals surface area contributed by atoms with Crippen LogP contribution in [0.4, 0.5) is 4.39 Å². The highest BCUT2D eigenvalue weighted by molar-refractivity contribution is 5.86. The molecule has 0 unspecified atom stereocenters. The number of allylic oxidation sites excluding steroid dienone is 4. The number of cyclic esters (lactones) is 1. The molecule has 2 fully saturated rings. The Morgan fingerprint density at radius 1 is 1.25 bits per heavy atom. The second kappa shape index (κ2) is 6.68. The third kappa shape index (κ3) is 3.45. The zero-order valence-corrected chi connectivity index (χ0v) is 16.1. The van der Waals surface area contributed by atoms with Gasteiger partial charge in [-0.25, -0.2) is 4.39 Å². The number of aliphatic hydroxyl groups is 2. The summed E-state index contributed by atoms with van der Waals surface area (Å²) in [6.45, 7) is 3.57. The highest BCUT2D eigenvalue weighted by Crippen LogP contribution is 2.65. The van der Waals surface area contributed by atoms with Crippen molar-refractivity contribution in [2.45, 2.75) is 57.3 Å². The third-order valence-corrected chi connectivity index (χ3v) is 5.84. The number of aliphatic hydroxyl groups excluding tert-OH is 1. The summed E-state index contributed by atoms with van der Waals surface area (Å²) in [6, 6.07) is 6.34. The lowest BCUT2D eigenvalue weighted by atomic mass is 9.82. The molecule has 1 heterocycles. The van der Waals surface area contributed by atoms with Crippen molar-refractivity contribution in [2.75, 3.05) is 0 Å². The van der Waals surface area contributed by atoms with E-state index in [-0.39, 0.29) is 17.7 Å². The van der Waals surface area contributed by atoms with Crippen molar-refractivity contribution in [2.24, 2.45) is 5.41 Å². The molecule has 1 spiro atoms. The van der Waals surface area contributed by atoms with Crippen molar-refractivity contribution in [1.29, 1.82) is 0 Å². The van der Waals surface area contributed by atoms with E-state index in [9.17, 15) is 19.4 Å². The first kappa shape index (κ1) is 19.1. The van der Waals surface area contributed by atoms with Crippen LogP contribution >= 0.6 is 0 Å². The van der Waals surface area contributed by atoms with Crippen LogP contribution in [0.2, 0.25) is 0 Å². The quantitative estimate of drug-likeness (QED) is 0.777. The van der Waals surface area contributed by atoms with Crippen molar-refractivity contribution in [3.63, 3.8) is 0 Å². The molecule has 4 nitrogen and oxygen atoms in total. The molecule has 2 N–H and O–H groups in total. The topological polar surface area (TPSA) is 66.8 Å². The van der Waals surface area contributed by atoms with Crippen LogP contribution < -0.4 is 0 Å². The Hall–Kier alpha value is -2.24. The Labute approximate surface area is 164 Å². The molecule has 1 aromatic carbocycles. The molecular formula is C23H25FO4. The Morgan fingerprint density at radius 3 is 2.50 bits per heavy atom. The van der Waals surface area contributed by atoms with Crippen molar-refractivity contribution in [3.05, 3.63) is 65.0 Å². The molecule has 0 amide bonds. The molecule has 28 heavy (non-hydrogen) atoms. The Kier molecular flexibility index (Phi) is 4.55. The normalized spacial score (nSPS) is 26.8. The number of rotatable bonds is 4. The molecule has 1 aliphatic heterocycles. The molecule has 0 radical (unpaired) electrons. The van der Waals surface area contributed by atoms with Crippen LogP contribution in [0.15, 0.2) is 53.6 Å². The van der Waals surface area contributed by atoms with Crippen molar-refractivity contribution >= 4 is 11.5 Å². The van der Waals surface area contributed by atoms with Crippen LogP contribution in [0.5, 0.6) is 0 Å². The minimum atomic E-state index is -0.967. The van der Waals surface area contributed by atoms with Crippen LogP contribution in [0, 0.1) is 11.2 Å².